The summed E-state index contributed by atoms with van der Waals surface area (Å²) in [5, 5.41) is 3.24. The standard InChI is InChI=1S/C12H9NO/c14-8-5-6-12-10(7-8)9-3-1-2-4-11(9)13-12/h1-4,6-7,13H,5H2. The van der Waals surface area contributed by atoms with Gasteiger partial charge in [0.1, 0.15) is 0 Å². The van der Waals surface area contributed by atoms with E-state index in [1.807, 2.05) is 30.3 Å². The molecule has 0 amide bonds. The van der Waals surface area contributed by atoms with E-state index in [9.17, 15) is 4.79 Å². The van der Waals surface area contributed by atoms with Crippen molar-refractivity contribution >= 4 is 28.8 Å². The predicted molar refractivity (Wildman–Crippen MR) is 56.1 cm³/mol. The quantitative estimate of drug-likeness (QED) is 0.640. The maximum atomic E-state index is 11.3. The molecule has 0 atom stereocenters. The van der Waals surface area contributed by atoms with Gasteiger partial charge in [0.15, 0.2) is 5.78 Å². The molecule has 0 unspecified atom stereocenters. The van der Waals surface area contributed by atoms with E-state index in [0.29, 0.717) is 6.42 Å². The third-order valence-corrected chi connectivity index (χ3v) is 2.59. The normalized spacial score (nSPS) is 14.7. The highest BCUT2D eigenvalue weighted by molar-refractivity contribution is 6.10. The minimum atomic E-state index is 0.183. The van der Waals surface area contributed by atoms with Crippen LogP contribution in [0.2, 0.25) is 0 Å². The first-order valence-electron chi connectivity index (χ1n) is 4.66. The molecule has 3 rings (SSSR count). The van der Waals surface area contributed by atoms with Crippen LogP contribution in [0.5, 0.6) is 0 Å². The molecule has 14 heavy (non-hydrogen) atoms. The summed E-state index contributed by atoms with van der Waals surface area (Å²) in [6.07, 6.45) is 4.20. The molecule has 1 N–H and O–H groups in total. The van der Waals surface area contributed by atoms with Crippen LogP contribution in [0.4, 0.5) is 0 Å². The number of aromatic amines is 1. The number of carbonyl (C=O) groups is 1. The lowest BCUT2D eigenvalue weighted by molar-refractivity contribution is -0.112. The van der Waals surface area contributed by atoms with Crippen LogP contribution in [-0.2, 0) is 4.79 Å². The highest BCUT2D eigenvalue weighted by Gasteiger charge is 2.05. The number of ketones is 1. The summed E-state index contributed by atoms with van der Waals surface area (Å²) >= 11 is 0. The molecule has 2 heteroatoms. The first-order valence-corrected chi connectivity index (χ1v) is 4.66. The van der Waals surface area contributed by atoms with Crippen molar-refractivity contribution in [2.75, 3.05) is 0 Å². The number of benzene rings is 1. The van der Waals surface area contributed by atoms with Gasteiger partial charge in [0.05, 0.1) is 0 Å². The van der Waals surface area contributed by atoms with Crippen molar-refractivity contribution in [2.45, 2.75) is 6.42 Å². The van der Waals surface area contributed by atoms with E-state index in [2.05, 4.69) is 4.98 Å². The van der Waals surface area contributed by atoms with E-state index in [1.54, 1.807) is 6.08 Å². The fourth-order valence-corrected chi connectivity index (χ4v) is 1.92. The summed E-state index contributed by atoms with van der Waals surface area (Å²) in [5.74, 6) is 0.183. The zero-order valence-electron chi connectivity index (χ0n) is 7.58. The number of Topliss-reactive ketones (excluding diaryl/α,β-unsaturated/α-hetero) is 1. The van der Waals surface area contributed by atoms with Gasteiger partial charge in [-0.15, -0.1) is 0 Å². The molecule has 0 bridgehead atoms. The summed E-state index contributed by atoms with van der Waals surface area (Å²) < 4.78 is 0. The lowest BCUT2D eigenvalue weighted by atomic mass is 10.1. The number of carbonyl (C=O) groups excluding carboxylic acids is 1. The fourth-order valence-electron chi connectivity index (χ4n) is 1.92. The molecule has 0 saturated carbocycles. The largest absolute Gasteiger partial charge is 0.355 e. The molecule has 1 aromatic carbocycles. The summed E-state index contributed by atoms with van der Waals surface area (Å²) in [6, 6.07) is 8.04. The molecule has 0 aliphatic heterocycles. The molecule has 1 heterocycles. The Morgan fingerprint density at radius 3 is 3.00 bits per heavy atom. The zero-order valence-corrected chi connectivity index (χ0v) is 7.58. The van der Waals surface area contributed by atoms with Gasteiger partial charge in [0.2, 0.25) is 0 Å². The van der Waals surface area contributed by atoms with Gasteiger partial charge in [0, 0.05) is 27.9 Å². The van der Waals surface area contributed by atoms with Crippen LogP contribution in [0.25, 0.3) is 23.1 Å². The number of nitrogens with one attached hydrogen (secondary N) is 1. The molecule has 1 aliphatic rings. The Hall–Kier alpha value is -1.83. The van der Waals surface area contributed by atoms with Crippen LogP contribution >= 0.6 is 0 Å². The van der Waals surface area contributed by atoms with Gasteiger partial charge >= 0.3 is 0 Å². The molecule has 1 aliphatic carbocycles. The minimum absolute atomic E-state index is 0.183. The van der Waals surface area contributed by atoms with E-state index in [0.717, 1.165) is 21.5 Å². The third-order valence-electron chi connectivity index (χ3n) is 2.59. The van der Waals surface area contributed by atoms with Crippen molar-refractivity contribution in [3.8, 4) is 0 Å². The number of aromatic nitrogens is 1. The molecule has 2 nitrogen and oxygen atoms in total. The Kier molecular flexibility index (Phi) is 1.39. The molecule has 0 saturated heterocycles. The van der Waals surface area contributed by atoms with E-state index in [1.165, 1.54) is 0 Å². The van der Waals surface area contributed by atoms with Gasteiger partial charge in [0.25, 0.3) is 0 Å². The van der Waals surface area contributed by atoms with E-state index < -0.39 is 0 Å². The van der Waals surface area contributed by atoms with Gasteiger partial charge in [-0.3, -0.25) is 4.79 Å². The van der Waals surface area contributed by atoms with Crippen molar-refractivity contribution in [1.29, 1.82) is 0 Å². The summed E-state index contributed by atoms with van der Waals surface area (Å²) in [6.45, 7) is 0. The maximum Gasteiger partial charge on any atom is 0.160 e. The molecule has 0 radical (unpaired) electrons. The van der Waals surface area contributed by atoms with E-state index in [4.69, 9.17) is 0 Å². The molecular weight excluding hydrogens is 174 g/mol. The number of para-hydroxylation sites is 1. The van der Waals surface area contributed by atoms with Crippen molar-refractivity contribution in [3.63, 3.8) is 0 Å². The van der Waals surface area contributed by atoms with Gasteiger partial charge in [-0.2, -0.15) is 0 Å². The first kappa shape index (κ1) is 7.56. The summed E-state index contributed by atoms with van der Waals surface area (Å²) in [4.78, 5) is 14.6. The molecule has 68 valence electrons. The molecule has 2 aromatic rings. The monoisotopic (exact) mass is 183 g/mol. The van der Waals surface area contributed by atoms with Crippen LogP contribution in [0.3, 0.4) is 0 Å². The highest BCUT2D eigenvalue weighted by Crippen LogP contribution is 2.05. The first-order chi connectivity index (χ1) is 6.84. The number of fused-ring (bicyclic) bond motifs is 3. The summed E-state index contributed by atoms with van der Waals surface area (Å²) in [5.41, 5.74) is 1.10. The number of hydrogen-bond donors (Lipinski definition) is 1. The van der Waals surface area contributed by atoms with Gasteiger partial charge in [-0.05, 0) is 12.1 Å². The van der Waals surface area contributed by atoms with Gasteiger partial charge in [-0.1, -0.05) is 24.3 Å². The van der Waals surface area contributed by atoms with Crippen LogP contribution < -0.4 is 10.6 Å². The molecule has 0 spiro atoms. The lowest BCUT2D eigenvalue weighted by Crippen LogP contribution is -2.27. The smallest absolute Gasteiger partial charge is 0.160 e. The average molecular weight is 183 g/mol. The van der Waals surface area contributed by atoms with Gasteiger partial charge < -0.3 is 4.98 Å². The Labute approximate surface area is 80.6 Å². The van der Waals surface area contributed by atoms with Crippen molar-refractivity contribution in [3.05, 3.63) is 34.8 Å². The Morgan fingerprint density at radius 1 is 1.21 bits per heavy atom. The molecule has 0 fully saturated rings. The SMILES string of the molecule is O=C1C=c2c([nH]c3ccccc23)=CC1. The van der Waals surface area contributed by atoms with Gasteiger partial charge in [-0.25, -0.2) is 0 Å². The number of H-pyrrole nitrogens is 1. The Bertz CT molecular complexity index is 634. The zero-order chi connectivity index (χ0) is 9.54. The molecular formula is C12H9NO. The highest BCUT2D eigenvalue weighted by atomic mass is 16.1. The van der Waals surface area contributed by atoms with Crippen LogP contribution in [0.1, 0.15) is 6.42 Å². The Morgan fingerprint density at radius 2 is 2.07 bits per heavy atom. The topological polar surface area (TPSA) is 32.9 Å². The second-order valence-corrected chi connectivity index (χ2v) is 3.52. The van der Waals surface area contributed by atoms with Crippen molar-refractivity contribution in [1.82, 2.24) is 4.98 Å². The van der Waals surface area contributed by atoms with Crippen LogP contribution in [0.15, 0.2) is 24.3 Å². The van der Waals surface area contributed by atoms with E-state index >= 15 is 0 Å². The number of rotatable bonds is 0. The van der Waals surface area contributed by atoms with E-state index in [-0.39, 0.29) is 5.78 Å². The predicted octanol–water partition coefficient (Wildman–Crippen LogP) is 0.702. The second kappa shape index (κ2) is 2.58. The second-order valence-electron chi connectivity index (χ2n) is 3.52. The number of hydrogen-bond acceptors (Lipinski definition) is 1. The lowest BCUT2D eigenvalue weighted by Gasteiger charge is -1.92. The van der Waals surface area contributed by atoms with Crippen LogP contribution in [0, 0.1) is 0 Å². The van der Waals surface area contributed by atoms with Crippen molar-refractivity contribution < 1.29 is 4.79 Å². The third kappa shape index (κ3) is 0.940. The minimum Gasteiger partial charge on any atom is -0.355 e. The maximum absolute atomic E-state index is 11.3. The fraction of sp³-hybridized carbons (Fsp3) is 0.0833. The Balaban J connectivity index is 2.60. The van der Waals surface area contributed by atoms with Crippen molar-refractivity contribution in [2.24, 2.45) is 0 Å². The summed E-state index contributed by atoms with van der Waals surface area (Å²) in [7, 11) is 0. The molecule has 1 aromatic heterocycles. The van der Waals surface area contributed by atoms with Crippen LogP contribution in [-0.4, -0.2) is 10.8 Å². The average Bonchev–Trinajstić information content (AvgIpc) is 2.56.